The highest BCUT2D eigenvalue weighted by Crippen LogP contribution is 2.11. The molecule has 14 heavy (non-hydrogen) atoms. The van der Waals surface area contributed by atoms with Crippen molar-refractivity contribution in [3.8, 4) is 0 Å². The Hall–Kier alpha value is -0.830. The fourth-order valence-electron chi connectivity index (χ4n) is 1.55. The molecule has 0 radical (unpaired) electrons. The Morgan fingerprint density at radius 3 is 2.43 bits per heavy atom. The molecule has 1 aromatic heterocycles. The normalized spacial score (nSPS) is 13.6. The average Bonchev–Trinajstić information content (AvgIpc) is 2.28. The van der Waals surface area contributed by atoms with E-state index in [1.54, 1.807) is 0 Å². The molecule has 1 aromatic rings. The van der Waals surface area contributed by atoms with Crippen molar-refractivity contribution in [3.05, 3.63) is 17.2 Å². The number of aryl methyl sites for hydroxylation is 1. The van der Waals surface area contributed by atoms with E-state index in [1.165, 1.54) is 11.4 Å². The van der Waals surface area contributed by atoms with Gasteiger partial charge in [0.25, 0.3) is 0 Å². The number of aromatic nitrogens is 2. The van der Waals surface area contributed by atoms with Gasteiger partial charge in [-0.25, -0.2) is 4.98 Å². The third-order valence-corrected chi connectivity index (χ3v) is 2.15. The molecule has 0 saturated carbocycles. The lowest BCUT2D eigenvalue weighted by atomic mass is 10.1. The van der Waals surface area contributed by atoms with Crippen molar-refractivity contribution in [2.75, 3.05) is 0 Å². The molecular formula is C11H21N3. The van der Waals surface area contributed by atoms with Crippen LogP contribution in [0.3, 0.4) is 0 Å². The molecule has 3 heteroatoms. The van der Waals surface area contributed by atoms with E-state index in [-0.39, 0.29) is 6.04 Å². The van der Waals surface area contributed by atoms with Gasteiger partial charge in [0, 0.05) is 18.2 Å². The topological polar surface area (TPSA) is 54.7 Å². The highest BCUT2D eigenvalue weighted by molar-refractivity contribution is 5.14. The maximum Gasteiger partial charge on any atom is 0.108 e. The Balaban J connectivity index is 2.72. The first-order chi connectivity index (χ1) is 6.49. The molecule has 80 valence electrons. The fourth-order valence-corrected chi connectivity index (χ4v) is 1.55. The van der Waals surface area contributed by atoms with E-state index in [2.05, 4.69) is 30.7 Å². The molecule has 3 nitrogen and oxygen atoms in total. The zero-order chi connectivity index (χ0) is 10.7. The van der Waals surface area contributed by atoms with Crippen molar-refractivity contribution in [2.45, 2.75) is 46.6 Å². The second kappa shape index (κ2) is 4.60. The third-order valence-electron chi connectivity index (χ3n) is 2.15. The maximum absolute atomic E-state index is 5.73. The molecule has 1 heterocycles. The average molecular weight is 195 g/mol. The van der Waals surface area contributed by atoms with Gasteiger partial charge in [-0.3, -0.25) is 0 Å². The summed E-state index contributed by atoms with van der Waals surface area (Å²) in [5.74, 6) is 1.67. The van der Waals surface area contributed by atoms with E-state index < -0.39 is 0 Å². The highest BCUT2D eigenvalue weighted by Gasteiger charge is 2.09. The van der Waals surface area contributed by atoms with Gasteiger partial charge in [0.05, 0.1) is 5.69 Å². The van der Waals surface area contributed by atoms with Gasteiger partial charge in [0.1, 0.15) is 5.82 Å². The summed E-state index contributed by atoms with van der Waals surface area (Å²) in [5.41, 5.74) is 8.10. The summed E-state index contributed by atoms with van der Waals surface area (Å²) in [6.07, 6.45) is 1.88. The predicted molar refractivity (Wildman–Crippen MR) is 59.2 cm³/mol. The van der Waals surface area contributed by atoms with Crippen molar-refractivity contribution < 1.29 is 0 Å². The van der Waals surface area contributed by atoms with Crippen LogP contribution in [0.1, 0.15) is 38.0 Å². The van der Waals surface area contributed by atoms with Crippen LogP contribution in [0.5, 0.6) is 0 Å². The standard InChI is InChI=1S/C11H21N3/c1-7(2)5-10-9(4)13-11(14-10)6-8(3)12/h7-8H,5-6,12H2,1-4H3,(H,13,14). The number of rotatable bonds is 4. The number of nitrogens with zero attached hydrogens (tertiary/aromatic N) is 1. The lowest BCUT2D eigenvalue weighted by Gasteiger charge is -2.01. The smallest absolute Gasteiger partial charge is 0.108 e. The molecule has 1 atom stereocenters. The first-order valence-electron chi connectivity index (χ1n) is 5.29. The van der Waals surface area contributed by atoms with Gasteiger partial charge < -0.3 is 10.7 Å². The van der Waals surface area contributed by atoms with Gasteiger partial charge in [0.2, 0.25) is 0 Å². The minimum atomic E-state index is 0.174. The number of hydrogen-bond acceptors (Lipinski definition) is 2. The first kappa shape index (κ1) is 11.2. The molecule has 3 N–H and O–H groups in total. The summed E-state index contributed by atoms with van der Waals surface area (Å²) in [7, 11) is 0. The summed E-state index contributed by atoms with van der Waals surface area (Å²) >= 11 is 0. The summed E-state index contributed by atoms with van der Waals surface area (Å²) in [4.78, 5) is 7.84. The number of aromatic amines is 1. The van der Waals surface area contributed by atoms with Crippen LogP contribution >= 0.6 is 0 Å². The molecule has 0 aliphatic carbocycles. The molecule has 0 bridgehead atoms. The highest BCUT2D eigenvalue weighted by atomic mass is 14.9. The molecule has 1 rings (SSSR count). The Morgan fingerprint density at radius 1 is 1.29 bits per heavy atom. The van der Waals surface area contributed by atoms with Crippen LogP contribution in [0.25, 0.3) is 0 Å². The van der Waals surface area contributed by atoms with Crippen LogP contribution in [0, 0.1) is 12.8 Å². The van der Waals surface area contributed by atoms with E-state index in [4.69, 9.17) is 5.73 Å². The monoisotopic (exact) mass is 195 g/mol. The van der Waals surface area contributed by atoms with E-state index in [1.807, 2.05) is 6.92 Å². The summed E-state index contributed by atoms with van der Waals surface area (Å²) in [5, 5.41) is 0. The number of hydrogen-bond donors (Lipinski definition) is 2. The lowest BCUT2D eigenvalue weighted by Crippen LogP contribution is -2.18. The molecule has 0 fully saturated rings. The van der Waals surface area contributed by atoms with Crippen LogP contribution in [-0.4, -0.2) is 16.0 Å². The minimum absolute atomic E-state index is 0.174. The van der Waals surface area contributed by atoms with Gasteiger partial charge in [-0.05, 0) is 26.2 Å². The summed E-state index contributed by atoms with van der Waals surface area (Å²) in [6.45, 7) is 8.49. The molecule has 0 amide bonds. The van der Waals surface area contributed by atoms with Crippen molar-refractivity contribution in [3.63, 3.8) is 0 Å². The van der Waals surface area contributed by atoms with Crippen LogP contribution in [0.15, 0.2) is 0 Å². The molecular weight excluding hydrogens is 174 g/mol. The quantitative estimate of drug-likeness (QED) is 0.769. The Morgan fingerprint density at radius 2 is 1.93 bits per heavy atom. The van der Waals surface area contributed by atoms with E-state index in [0.717, 1.165) is 18.7 Å². The molecule has 0 spiro atoms. The van der Waals surface area contributed by atoms with E-state index >= 15 is 0 Å². The van der Waals surface area contributed by atoms with Crippen molar-refractivity contribution in [1.29, 1.82) is 0 Å². The van der Waals surface area contributed by atoms with Crippen molar-refractivity contribution >= 4 is 0 Å². The third kappa shape index (κ3) is 3.14. The number of H-pyrrole nitrogens is 1. The molecule has 1 unspecified atom stereocenters. The molecule has 0 aliphatic rings. The maximum atomic E-state index is 5.73. The Kier molecular flexibility index (Phi) is 3.69. The van der Waals surface area contributed by atoms with Crippen LogP contribution in [0.4, 0.5) is 0 Å². The van der Waals surface area contributed by atoms with Gasteiger partial charge >= 0.3 is 0 Å². The largest absolute Gasteiger partial charge is 0.346 e. The zero-order valence-electron chi connectivity index (χ0n) is 9.59. The minimum Gasteiger partial charge on any atom is -0.346 e. The predicted octanol–water partition coefficient (Wildman–Crippen LogP) is 1.81. The van der Waals surface area contributed by atoms with Gasteiger partial charge in [-0.1, -0.05) is 13.8 Å². The fraction of sp³-hybridized carbons (Fsp3) is 0.727. The van der Waals surface area contributed by atoms with E-state index in [0.29, 0.717) is 5.92 Å². The van der Waals surface area contributed by atoms with Crippen molar-refractivity contribution in [2.24, 2.45) is 11.7 Å². The first-order valence-corrected chi connectivity index (χ1v) is 5.29. The second-order valence-corrected chi connectivity index (χ2v) is 4.53. The summed E-state index contributed by atoms with van der Waals surface area (Å²) in [6, 6.07) is 0.174. The van der Waals surface area contributed by atoms with Gasteiger partial charge in [0.15, 0.2) is 0 Å². The molecule has 0 aromatic carbocycles. The van der Waals surface area contributed by atoms with Gasteiger partial charge in [-0.2, -0.15) is 0 Å². The summed E-state index contributed by atoms with van der Waals surface area (Å²) < 4.78 is 0. The number of nitrogens with one attached hydrogen (secondary N) is 1. The van der Waals surface area contributed by atoms with Crippen LogP contribution < -0.4 is 5.73 Å². The van der Waals surface area contributed by atoms with Gasteiger partial charge in [-0.15, -0.1) is 0 Å². The van der Waals surface area contributed by atoms with Crippen LogP contribution in [-0.2, 0) is 12.8 Å². The zero-order valence-corrected chi connectivity index (χ0v) is 9.59. The lowest BCUT2D eigenvalue weighted by molar-refractivity contribution is 0.632. The second-order valence-electron chi connectivity index (χ2n) is 4.53. The Labute approximate surface area is 86.1 Å². The number of imidazole rings is 1. The van der Waals surface area contributed by atoms with Crippen LogP contribution in [0.2, 0.25) is 0 Å². The molecule has 0 aliphatic heterocycles. The van der Waals surface area contributed by atoms with E-state index in [9.17, 15) is 0 Å². The van der Waals surface area contributed by atoms with Crippen molar-refractivity contribution in [1.82, 2.24) is 9.97 Å². The Bertz CT molecular complexity index is 287. The number of nitrogens with two attached hydrogens (primary N) is 1. The SMILES string of the molecule is Cc1[nH]c(CC(C)N)nc1CC(C)C. The molecule has 0 saturated heterocycles.